The first-order valence-corrected chi connectivity index (χ1v) is 6.16. The first-order valence-electron chi connectivity index (χ1n) is 6.16. The average Bonchev–Trinajstić information content (AvgIpc) is 2.52. The number of aromatic nitrogens is 1. The van der Waals surface area contributed by atoms with Gasteiger partial charge in [0.05, 0.1) is 26.9 Å². The van der Waals surface area contributed by atoms with Crippen molar-refractivity contribution in [2.24, 2.45) is 0 Å². The third-order valence-corrected chi connectivity index (χ3v) is 2.90. The lowest BCUT2D eigenvalue weighted by Crippen LogP contribution is -1.94. The van der Waals surface area contributed by atoms with Crippen LogP contribution in [0.15, 0.2) is 36.7 Å². The van der Waals surface area contributed by atoms with Crippen LogP contribution in [0.2, 0.25) is 0 Å². The lowest BCUT2D eigenvalue weighted by molar-refractivity contribution is 0.374. The molecule has 0 atom stereocenters. The molecule has 0 saturated heterocycles. The highest BCUT2D eigenvalue weighted by molar-refractivity contribution is 5.76. The Balaban J connectivity index is 2.42. The number of methoxy groups -OCH3 is 3. The van der Waals surface area contributed by atoms with E-state index in [0.29, 0.717) is 17.2 Å². The van der Waals surface area contributed by atoms with E-state index in [1.54, 1.807) is 33.7 Å². The van der Waals surface area contributed by atoms with Crippen LogP contribution in [0.3, 0.4) is 0 Å². The maximum absolute atomic E-state index is 5.40. The van der Waals surface area contributed by atoms with Crippen molar-refractivity contribution in [2.45, 2.75) is 0 Å². The molecule has 0 bridgehead atoms. The number of hydrogen-bond donors (Lipinski definition) is 0. The molecule has 1 aromatic heterocycles. The summed E-state index contributed by atoms with van der Waals surface area (Å²) < 4.78 is 16.0. The number of pyridine rings is 1. The van der Waals surface area contributed by atoms with Gasteiger partial charge in [-0.25, -0.2) is 0 Å². The zero-order valence-corrected chi connectivity index (χ0v) is 11.8. The Hall–Kier alpha value is -2.49. The summed E-state index contributed by atoms with van der Waals surface area (Å²) in [5.41, 5.74) is 1.92. The zero-order chi connectivity index (χ0) is 14.4. The lowest BCUT2D eigenvalue weighted by Gasteiger charge is -2.12. The van der Waals surface area contributed by atoms with E-state index in [2.05, 4.69) is 4.98 Å². The molecular formula is C16H17NO3. The van der Waals surface area contributed by atoms with Gasteiger partial charge in [0.25, 0.3) is 0 Å². The van der Waals surface area contributed by atoms with Crippen molar-refractivity contribution in [3.63, 3.8) is 0 Å². The van der Waals surface area contributed by atoms with Gasteiger partial charge < -0.3 is 14.2 Å². The molecule has 0 saturated carbocycles. The van der Waals surface area contributed by atoms with E-state index in [-0.39, 0.29) is 0 Å². The number of rotatable bonds is 5. The van der Waals surface area contributed by atoms with Crippen molar-refractivity contribution in [1.29, 1.82) is 0 Å². The highest BCUT2D eigenvalue weighted by atomic mass is 16.5. The second kappa shape index (κ2) is 6.61. The molecule has 1 aromatic carbocycles. The molecule has 4 nitrogen and oxygen atoms in total. The number of nitrogens with zero attached hydrogens (tertiary/aromatic N) is 1. The van der Waals surface area contributed by atoms with Gasteiger partial charge in [-0.2, -0.15) is 0 Å². The van der Waals surface area contributed by atoms with Crippen LogP contribution in [0.25, 0.3) is 12.2 Å². The molecule has 0 amide bonds. The third-order valence-electron chi connectivity index (χ3n) is 2.90. The molecular weight excluding hydrogens is 254 g/mol. The quantitative estimate of drug-likeness (QED) is 0.836. The largest absolute Gasteiger partial charge is 0.496 e. The fraction of sp³-hybridized carbons (Fsp3) is 0.188. The third kappa shape index (κ3) is 3.09. The van der Waals surface area contributed by atoms with Crippen LogP contribution < -0.4 is 14.2 Å². The van der Waals surface area contributed by atoms with Gasteiger partial charge in [0.1, 0.15) is 17.2 Å². The Labute approximate surface area is 118 Å². The molecule has 20 heavy (non-hydrogen) atoms. The van der Waals surface area contributed by atoms with E-state index in [0.717, 1.165) is 11.1 Å². The van der Waals surface area contributed by atoms with Gasteiger partial charge >= 0.3 is 0 Å². The van der Waals surface area contributed by atoms with Crippen molar-refractivity contribution in [3.8, 4) is 17.2 Å². The van der Waals surface area contributed by atoms with Crippen LogP contribution in [0, 0.1) is 0 Å². The molecule has 1 heterocycles. The molecule has 0 aliphatic carbocycles. The van der Waals surface area contributed by atoms with Gasteiger partial charge in [0.15, 0.2) is 0 Å². The SMILES string of the molecule is COc1cc(OC)c(C=Cc2ccncc2)c(OC)c1. The molecule has 0 unspecified atom stereocenters. The van der Waals surface area contributed by atoms with Crippen LogP contribution >= 0.6 is 0 Å². The first kappa shape index (κ1) is 13.9. The summed E-state index contributed by atoms with van der Waals surface area (Å²) in [4.78, 5) is 3.99. The minimum atomic E-state index is 0.694. The predicted octanol–water partition coefficient (Wildman–Crippen LogP) is 3.28. The van der Waals surface area contributed by atoms with Crippen molar-refractivity contribution in [1.82, 2.24) is 4.98 Å². The summed E-state index contributed by atoms with van der Waals surface area (Å²) >= 11 is 0. The number of benzene rings is 1. The Morgan fingerprint density at radius 2 is 1.45 bits per heavy atom. The summed E-state index contributed by atoms with van der Waals surface area (Å²) in [6.45, 7) is 0. The molecule has 2 aromatic rings. The van der Waals surface area contributed by atoms with Gasteiger partial charge in [-0.3, -0.25) is 4.98 Å². The molecule has 0 fully saturated rings. The fourth-order valence-corrected chi connectivity index (χ4v) is 1.85. The van der Waals surface area contributed by atoms with E-state index in [1.807, 2.05) is 36.4 Å². The Morgan fingerprint density at radius 3 is 1.95 bits per heavy atom. The fourth-order valence-electron chi connectivity index (χ4n) is 1.85. The van der Waals surface area contributed by atoms with E-state index in [1.165, 1.54) is 0 Å². The summed E-state index contributed by atoms with van der Waals surface area (Å²) in [6, 6.07) is 7.52. The zero-order valence-electron chi connectivity index (χ0n) is 11.8. The summed E-state index contributed by atoms with van der Waals surface area (Å²) in [5, 5.41) is 0. The van der Waals surface area contributed by atoms with E-state index < -0.39 is 0 Å². The van der Waals surface area contributed by atoms with Gasteiger partial charge in [-0.05, 0) is 23.8 Å². The summed E-state index contributed by atoms with van der Waals surface area (Å²) in [5.74, 6) is 2.10. The molecule has 0 aliphatic heterocycles. The highest BCUT2D eigenvalue weighted by Gasteiger charge is 2.10. The topological polar surface area (TPSA) is 40.6 Å². The second-order valence-corrected chi connectivity index (χ2v) is 4.06. The Bertz CT molecular complexity index is 569. The van der Waals surface area contributed by atoms with Crippen molar-refractivity contribution in [2.75, 3.05) is 21.3 Å². The van der Waals surface area contributed by atoms with E-state index in [4.69, 9.17) is 14.2 Å². The highest BCUT2D eigenvalue weighted by Crippen LogP contribution is 2.35. The molecule has 104 valence electrons. The van der Waals surface area contributed by atoms with E-state index in [9.17, 15) is 0 Å². The van der Waals surface area contributed by atoms with Gasteiger partial charge in [-0.1, -0.05) is 6.08 Å². The lowest BCUT2D eigenvalue weighted by atomic mass is 10.1. The number of ether oxygens (including phenoxy) is 3. The van der Waals surface area contributed by atoms with Crippen molar-refractivity contribution in [3.05, 3.63) is 47.8 Å². The average molecular weight is 271 g/mol. The second-order valence-electron chi connectivity index (χ2n) is 4.06. The normalized spacial score (nSPS) is 10.6. The molecule has 0 radical (unpaired) electrons. The molecule has 0 aliphatic rings. The monoisotopic (exact) mass is 271 g/mol. The van der Waals surface area contributed by atoms with Crippen LogP contribution in [0.4, 0.5) is 0 Å². The van der Waals surface area contributed by atoms with E-state index >= 15 is 0 Å². The van der Waals surface area contributed by atoms with Crippen LogP contribution in [0.5, 0.6) is 17.2 Å². The van der Waals surface area contributed by atoms with Crippen LogP contribution in [-0.4, -0.2) is 26.3 Å². The van der Waals surface area contributed by atoms with Gasteiger partial charge in [0.2, 0.25) is 0 Å². The van der Waals surface area contributed by atoms with Crippen LogP contribution in [0.1, 0.15) is 11.1 Å². The van der Waals surface area contributed by atoms with Crippen molar-refractivity contribution >= 4 is 12.2 Å². The minimum Gasteiger partial charge on any atom is -0.496 e. The Kier molecular flexibility index (Phi) is 4.60. The summed E-state index contributed by atoms with van der Waals surface area (Å²) in [6.07, 6.45) is 7.44. The molecule has 0 spiro atoms. The maximum Gasteiger partial charge on any atom is 0.133 e. The maximum atomic E-state index is 5.40. The number of hydrogen-bond acceptors (Lipinski definition) is 4. The van der Waals surface area contributed by atoms with Crippen molar-refractivity contribution < 1.29 is 14.2 Å². The first-order chi connectivity index (χ1) is 9.78. The molecule has 0 N–H and O–H groups in total. The Morgan fingerprint density at radius 1 is 0.850 bits per heavy atom. The summed E-state index contributed by atoms with van der Waals surface area (Å²) in [7, 11) is 4.86. The standard InChI is InChI=1S/C16H17NO3/c1-18-13-10-15(19-2)14(16(11-13)20-3)5-4-12-6-8-17-9-7-12/h4-11H,1-3H3. The van der Waals surface area contributed by atoms with Crippen LogP contribution in [-0.2, 0) is 0 Å². The predicted molar refractivity (Wildman–Crippen MR) is 79.3 cm³/mol. The van der Waals surface area contributed by atoms with Gasteiger partial charge in [-0.15, -0.1) is 0 Å². The molecule has 4 heteroatoms. The van der Waals surface area contributed by atoms with Gasteiger partial charge in [0, 0.05) is 24.5 Å². The smallest absolute Gasteiger partial charge is 0.133 e. The molecule has 2 rings (SSSR count). The minimum absolute atomic E-state index is 0.694.